The van der Waals surface area contributed by atoms with Crippen LogP contribution in [0, 0.1) is 27.7 Å². The van der Waals surface area contributed by atoms with Crippen LogP contribution in [0.2, 0.25) is 0 Å². The van der Waals surface area contributed by atoms with Gasteiger partial charge < -0.3 is 0 Å². The Bertz CT molecular complexity index is 870. The van der Waals surface area contributed by atoms with Gasteiger partial charge in [0.25, 0.3) is 0 Å². The highest BCUT2D eigenvalue weighted by Gasteiger charge is 2.21. The number of carbonyl (C=O) groups is 1. The van der Waals surface area contributed by atoms with Crippen molar-refractivity contribution in [2.45, 2.75) is 33.6 Å². The van der Waals surface area contributed by atoms with Crippen molar-refractivity contribution in [2.75, 3.05) is 0 Å². The Morgan fingerprint density at radius 3 is 1.80 bits per heavy atom. The molecule has 0 radical (unpaired) electrons. The van der Waals surface area contributed by atoms with Gasteiger partial charge in [-0.15, -0.1) is 0 Å². The molecule has 25 heavy (non-hydrogen) atoms. The second-order valence-electron chi connectivity index (χ2n) is 6.94. The lowest BCUT2D eigenvalue weighted by Gasteiger charge is -2.24. The van der Waals surface area contributed by atoms with Crippen molar-refractivity contribution in [3.63, 3.8) is 0 Å². The molecule has 0 aromatic heterocycles. The van der Waals surface area contributed by atoms with Gasteiger partial charge in [0.05, 0.1) is 0 Å². The molecule has 0 aliphatic carbocycles. The van der Waals surface area contributed by atoms with Crippen LogP contribution in [0.25, 0.3) is 0 Å². The second-order valence-corrected chi connectivity index (χ2v) is 6.94. The molecular formula is C24H24O. The Labute approximate surface area is 150 Å². The van der Waals surface area contributed by atoms with Gasteiger partial charge in [0.2, 0.25) is 0 Å². The van der Waals surface area contributed by atoms with Gasteiger partial charge in [0, 0.05) is 11.5 Å². The highest BCUT2D eigenvalue weighted by Crippen LogP contribution is 2.36. The quantitative estimate of drug-likeness (QED) is 0.429. The molecular weight excluding hydrogens is 304 g/mol. The maximum atomic E-state index is 11.3. The van der Waals surface area contributed by atoms with Crippen LogP contribution >= 0.6 is 0 Å². The van der Waals surface area contributed by atoms with E-state index < -0.39 is 0 Å². The van der Waals surface area contributed by atoms with E-state index in [9.17, 15) is 4.79 Å². The number of aldehydes is 1. The molecule has 0 heterocycles. The van der Waals surface area contributed by atoms with Crippen molar-refractivity contribution in [3.05, 3.63) is 105 Å². The summed E-state index contributed by atoms with van der Waals surface area (Å²) in [5, 5.41) is 0. The molecule has 3 rings (SSSR count). The summed E-state index contributed by atoms with van der Waals surface area (Å²) in [7, 11) is 0. The van der Waals surface area contributed by atoms with Gasteiger partial charge in [-0.1, -0.05) is 65.7 Å². The van der Waals surface area contributed by atoms with Gasteiger partial charge in [-0.25, -0.2) is 0 Å². The Morgan fingerprint density at radius 2 is 1.28 bits per heavy atom. The zero-order valence-corrected chi connectivity index (χ0v) is 15.3. The maximum absolute atomic E-state index is 11.3. The van der Waals surface area contributed by atoms with E-state index in [0.717, 1.165) is 17.4 Å². The highest BCUT2D eigenvalue weighted by atomic mass is 16.1. The Balaban J connectivity index is 2.29. The molecule has 1 nitrogen and oxygen atoms in total. The summed E-state index contributed by atoms with van der Waals surface area (Å²) in [5.74, 6) is 0.125. The molecule has 0 fully saturated rings. The van der Waals surface area contributed by atoms with E-state index >= 15 is 0 Å². The number of aryl methyl sites for hydroxylation is 4. The molecule has 0 atom stereocenters. The minimum atomic E-state index is 0.125. The normalized spacial score (nSPS) is 10.9. The van der Waals surface area contributed by atoms with Crippen LogP contribution in [0.5, 0.6) is 0 Å². The number of hydrogen-bond donors (Lipinski definition) is 0. The topological polar surface area (TPSA) is 17.1 Å². The lowest BCUT2D eigenvalue weighted by Crippen LogP contribution is -2.08. The Kier molecular flexibility index (Phi) is 4.85. The molecule has 0 saturated carbocycles. The maximum Gasteiger partial charge on any atom is 0.150 e. The fraction of sp³-hybridized carbons (Fsp3) is 0.208. The fourth-order valence-corrected chi connectivity index (χ4v) is 3.48. The van der Waals surface area contributed by atoms with Gasteiger partial charge in [0.1, 0.15) is 6.29 Å². The first kappa shape index (κ1) is 17.2. The first-order valence-electron chi connectivity index (χ1n) is 8.69. The van der Waals surface area contributed by atoms with Gasteiger partial charge in [-0.2, -0.15) is 0 Å². The predicted octanol–water partition coefficient (Wildman–Crippen LogP) is 5.91. The van der Waals surface area contributed by atoms with E-state index in [4.69, 9.17) is 0 Å². The summed E-state index contributed by atoms with van der Waals surface area (Å²) < 4.78 is 0. The van der Waals surface area contributed by atoms with Crippen LogP contribution in [0.4, 0.5) is 0 Å². The van der Waals surface area contributed by atoms with Gasteiger partial charge in [-0.3, -0.25) is 4.79 Å². The summed E-state index contributed by atoms with van der Waals surface area (Å²) in [6.45, 7) is 8.59. The van der Waals surface area contributed by atoms with Crippen molar-refractivity contribution >= 4 is 6.29 Å². The van der Waals surface area contributed by atoms with Crippen molar-refractivity contribution in [1.29, 1.82) is 0 Å². The van der Waals surface area contributed by atoms with Crippen molar-refractivity contribution < 1.29 is 4.79 Å². The van der Waals surface area contributed by atoms with Crippen LogP contribution < -0.4 is 0 Å². The number of carbonyl (C=O) groups excluding carboxylic acids is 1. The largest absolute Gasteiger partial charge is 0.298 e. The number of hydrogen-bond acceptors (Lipinski definition) is 1. The standard InChI is InChI=1S/C24H24O/c1-16-8-10-18(3)22(12-16)24(21-7-5-6-20(14-21)15-25)23-13-17(2)9-11-19(23)4/h5-15,24H,1-4H3. The molecule has 0 saturated heterocycles. The average molecular weight is 328 g/mol. The van der Waals surface area contributed by atoms with E-state index in [1.165, 1.54) is 33.4 Å². The molecule has 0 amide bonds. The molecule has 3 aromatic rings. The predicted molar refractivity (Wildman–Crippen MR) is 105 cm³/mol. The third-order valence-electron chi connectivity index (χ3n) is 4.87. The molecule has 0 bridgehead atoms. The van der Waals surface area contributed by atoms with Crippen LogP contribution in [0.1, 0.15) is 55.2 Å². The van der Waals surface area contributed by atoms with Crippen LogP contribution in [-0.2, 0) is 0 Å². The van der Waals surface area contributed by atoms with Crippen molar-refractivity contribution in [2.24, 2.45) is 0 Å². The Morgan fingerprint density at radius 1 is 0.720 bits per heavy atom. The second kappa shape index (κ2) is 7.06. The molecule has 0 unspecified atom stereocenters. The number of rotatable bonds is 4. The molecule has 0 N–H and O–H groups in total. The summed E-state index contributed by atoms with van der Waals surface area (Å²) in [6.07, 6.45) is 0.923. The zero-order valence-electron chi connectivity index (χ0n) is 15.3. The van der Waals surface area contributed by atoms with Crippen LogP contribution in [0.15, 0.2) is 60.7 Å². The van der Waals surface area contributed by atoms with E-state index in [1.54, 1.807) is 0 Å². The third kappa shape index (κ3) is 3.56. The monoisotopic (exact) mass is 328 g/mol. The minimum Gasteiger partial charge on any atom is -0.298 e. The van der Waals surface area contributed by atoms with Crippen LogP contribution in [-0.4, -0.2) is 6.29 Å². The zero-order chi connectivity index (χ0) is 18.0. The first-order chi connectivity index (χ1) is 12.0. The smallest absolute Gasteiger partial charge is 0.150 e. The van der Waals surface area contributed by atoms with Crippen LogP contribution in [0.3, 0.4) is 0 Å². The highest BCUT2D eigenvalue weighted by molar-refractivity contribution is 5.75. The fourth-order valence-electron chi connectivity index (χ4n) is 3.48. The average Bonchev–Trinajstić information content (AvgIpc) is 2.61. The summed E-state index contributed by atoms with van der Waals surface area (Å²) in [5.41, 5.74) is 9.53. The lowest BCUT2D eigenvalue weighted by atomic mass is 9.80. The van der Waals surface area contributed by atoms with Gasteiger partial charge in [-0.05, 0) is 61.6 Å². The Hall–Kier alpha value is -2.67. The van der Waals surface area contributed by atoms with Gasteiger partial charge >= 0.3 is 0 Å². The summed E-state index contributed by atoms with van der Waals surface area (Å²) in [6, 6.07) is 21.2. The molecule has 1 heteroatoms. The molecule has 3 aromatic carbocycles. The number of benzene rings is 3. The molecule has 0 spiro atoms. The van der Waals surface area contributed by atoms with E-state index in [1.807, 2.05) is 18.2 Å². The molecule has 0 aliphatic rings. The van der Waals surface area contributed by atoms with Crippen molar-refractivity contribution in [1.82, 2.24) is 0 Å². The van der Waals surface area contributed by atoms with E-state index in [-0.39, 0.29) is 5.92 Å². The van der Waals surface area contributed by atoms with E-state index in [2.05, 4.69) is 70.2 Å². The SMILES string of the molecule is Cc1ccc(C)c(C(c2cccc(C=O)c2)c2cc(C)ccc2C)c1. The summed E-state index contributed by atoms with van der Waals surface area (Å²) >= 11 is 0. The van der Waals surface area contributed by atoms with Crippen molar-refractivity contribution in [3.8, 4) is 0 Å². The third-order valence-corrected chi connectivity index (χ3v) is 4.87. The minimum absolute atomic E-state index is 0.125. The van der Waals surface area contributed by atoms with E-state index in [0.29, 0.717) is 0 Å². The lowest BCUT2D eigenvalue weighted by molar-refractivity contribution is 0.112. The molecule has 126 valence electrons. The molecule has 0 aliphatic heterocycles. The summed E-state index contributed by atoms with van der Waals surface area (Å²) in [4.78, 5) is 11.3. The first-order valence-corrected chi connectivity index (χ1v) is 8.69. The van der Waals surface area contributed by atoms with Gasteiger partial charge in [0.15, 0.2) is 0 Å².